The van der Waals surface area contributed by atoms with Gasteiger partial charge in [0.15, 0.2) is 0 Å². The molecule has 0 aliphatic carbocycles. The summed E-state index contributed by atoms with van der Waals surface area (Å²) in [5.74, 6) is -0.121. The van der Waals surface area contributed by atoms with Gasteiger partial charge in [-0.2, -0.15) is 5.26 Å². The van der Waals surface area contributed by atoms with Crippen LogP contribution in [0.3, 0.4) is 0 Å². The van der Waals surface area contributed by atoms with Crippen LogP contribution in [0.15, 0.2) is 24.3 Å². The smallest absolute Gasteiger partial charge is 0.254 e. The Labute approximate surface area is 130 Å². The number of nitrogens with zero attached hydrogens (tertiary/aromatic N) is 2. The highest BCUT2D eigenvalue weighted by atomic mass is 32.2. The van der Waals surface area contributed by atoms with Crippen molar-refractivity contribution in [3.8, 4) is 6.07 Å². The fourth-order valence-electron chi connectivity index (χ4n) is 2.58. The van der Waals surface area contributed by atoms with Crippen molar-refractivity contribution in [2.75, 3.05) is 19.3 Å². The van der Waals surface area contributed by atoms with E-state index in [4.69, 9.17) is 5.26 Å². The van der Waals surface area contributed by atoms with Crippen LogP contribution >= 0.6 is 0 Å². The Bertz CT molecular complexity index is 677. The first-order valence-electron chi connectivity index (χ1n) is 7.16. The lowest BCUT2D eigenvalue weighted by Gasteiger charge is -2.35. The number of hydrogen-bond donors (Lipinski definition) is 1. The van der Waals surface area contributed by atoms with Crippen molar-refractivity contribution in [2.45, 2.75) is 25.3 Å². The number of nitriles is 1. The number of carbonyl (C=O) groups excluding carboxylic acids is 1. The summed E-state index contributed by atoms with van der Waals surface area (Å²) >= 11 is 0. The average Bonchev–Trinajstić information content (AvgIpc) is 2.52. The zero-order valence-electron chi connectivity index (χ0n) is 12.4. The zero-order valence-corrected chi connectivity index (χ0v) is 13.3. The summed E-state index contributed by atoms with van der Waals surface area (Å²) in [7, 11) is -3.27. The highest BCUT2D eigenvalue weighted by Crippen LogP contribution is 2.19. The van der Waals surface area contributed by atoms with E-state index in [1.54, 1.807) is 29.2 Å². The van der Waals surface area contributed by atoms with Crippen LogP contribution in [-0.4, -0.2) is 44.6 Å². The van der Waals surface area contributed by atoms with Gasteiger partial charge in [-0.25, -0.2) is 13.1 Å². The van der Waals surface area contributed by atoms with Gasteiger partial charge < -0.3 is 4.90 Å². The van der Waals surface area contributed by atoms with Gasteiger partial charge in [-0.05, 0) is 43.5 Å². The molecule has 1 atom stereocenters. The second-order valence-corrected chi connectivity index (χ2v) is 7.29. The monoisotopic (exact) mass is 321 g/mol. The number of likely N-dealkylation sites (tertiary alicyclic amines) is 1. The molecule has 1 fully saturated rings. The molecule has 0 aromatic heterocycles. The molecule has 1 aromatic rings. The van der Waals surface area contributed by atoms with Gasteiger partial charge in [-0.15, -0.1) is 0 Å². The maximum absolute atomic E-state index is 12.6. The van der Waals surface area contributed by atoms with Crippen LogP contribution in [0.2, 0.25) is 0 Å². The third kappa shape index (κ3) is 4.29. The maximum atomic E-state index is 12.6. The third-order valence-corrected chi connectivity index (χ3v) is 4.42. The summed E-state index contributed by atoms with van der Waals surface area (Å²) in [6.45, 7) is 0.857. The van der Waals surface area contributed by atoms with Crippen LogP contribution < -0.4 is 4.72 Å². The lowest BCUT2D eigenvalue weighted by atomic mass is 10.0. The van der Waals surface area contributed by atoms with E-state index >= 15 is 0 Å². The maximum Gasteiger partial charge on any atom is 0.254 e. The molecular formula is C15H19N3O3S. The number of amides is 1. The van der Waals surface area contributed by atoms with Gasteiger partial charge in [0.2, 0.25) is 10.0 Å². The average molecular weight is 321 g/mol. The van der Waals surface area contributed by atoms with Gasteiger partial charge in [0.05, 0.1) is 17.9 Å². The number of carbonyl (C=O) groups is 1. The molecule has 2 rings (SSSR count). The molecule has 7 heteroatoms. The summed E-state index contributed by atoms with van der Waals surface area (Å²) in [6, 6.07) is 8.38. The number of nitrogens with one attached hydrogen (secondary N) is 1. The number of sulfonamides is 1. The van der Waals surface area contributed by atoms with Gasteiger partial charge in [-0.3, -0.25) is 4.79 Å². The summed E-state index contributed by atoms with van der Waals surface area (Å²) < 4.78 is 25.0. The number of hydrogen-bond acceptors (Lipinski definition) is 4. The third-order valence-electron chi connectivity index (χ3n) is 3.73. The zero-order chi connectivity index (χ0) is 16.2. The summed E-state index contributed by atoms with van der Waals surface area (Å²) in [4.78, 5) is 14.3. The number of benzene rings is 1. The molecule has 1 aliphatic heterocycles. The molecule has 0 unspecified atom stereocenters. The van der Waals surface area contributed by atoms with Crippen LogP contribution in [0, 0.1) is 11.3 Å². The Balaban J connectivity index is 2.12. The quantitative estimate of drug-likeness (QED) is 0.899. The predicted molar refractivity (Wildman–Crippen MR) is 82.7 cm³/mol. The summed E-state index contributed by atoms with van der Waals surface area (Å²) in [5, 5.41) is 8.79. The first-order valence-corrected chi connectivity index (χ1v) is 9.05. The molecule has 118 valence electrons. The molecule has 22 heavy (non-hydrogen) atoms. The van der Waals surface area contributed by atoms with E-state index in [-0.39, 0.29) is 18.5 Å². The molecule has 0 spiro atoms. The normalized spacial score (nSPS) is 18.7. The molecule has 6 nitrogen and oxygen atoms in total. The molecule has 1 heterocycles. The Morgan fingerprint density at radius 2 is 2.05 bits per heavy atom. The SMILES string of the molecule is CS(=O)(=O)NC[C@@H]1CCCCN1C(=O)c1ccc(C#N)cc1. The summed E-state index contributed by atoms with van der Waals surface area (Å²) in [6.07, 6.45) is 3.79. The predicted octanol–water partition coefficient (Wildman–Crippen LogP) is 1.10. The fraction of sp³-hybridized carbons (Fsp3) is 0.467. The van der Waals surface area contributed by atoms with E-state index < -0.39 is 10.0 Å². The van der Waals surface area contributed by atoms with Gasteiger partial charge in [-0.1, -0.05) is 0 Å². The minimum absolute atomic E-state index is 0.121. The van der Waals surface area contributed by atoms with E-state index in [1.807, 2.05) is 6.07 Å². The standard InChI is InChI=1S/C15H19N3O3S/c1-22(20,21)17-11-14-4-2-3-9-18(14)15(19)13-7-5-12(10-16)6-8-13/h5-8,14,17H,2-4,9,11H2,1H3/t14-/m0/s1. The largest absolute Gasteiger partial charge is 0.334 e. The molecule has 1 N–H and O–H groups in total. The first-order chi connectivity index (χ1) is 10.4. The van der Waals surface area contributed by atoms with E-state index in [2.05, 4.69) is 4.72 Å². The molecule has 1 aliphatic rings. The molecular weight excluding hydrogens is 302 g/mol. The Morgan fingerprint density at radius 3 is 2.64 bits per heavy atom. The van der Waals surface area contributed by atoms with Crippen molar-refractivity contribution in [2.24, 2.45) is 0 Å². The molecule has 1 aromatic carbocycles. The van der Waals surface area contributed by atoms with Crippen LogP contribution in [0.25, 0.3) is 0 Å². The fourth-order valence-corrected chi connectivity index (χ4v) is 3.08. The molecule has 0 radical (unpaired) electrons. The van der Waals surface area contributed by atoms with Gasteiger partial charge in [0.1, 0.15) is 0 Å². The van der Waals surface area contributed by atoms with Crippen molar-refractivity contribution in [3.05, 3.63) is 35.4 Å². The highest BCUT2D eigenvalue weighted by molar-refractivity contribution is 7.88. The lowest BCUT2D eigenvalue weighted by molar-refractivity contribution is 0.0619. The second kappa shape index (κ2) is 6.90. The highest BCUT2D eigenvalue weighted by Gasteiger charge is 2.27. The van der Waals surface area contributed by atoms with Gasteiger partial charge in [0.25, 0.3) is 5.91 Å². The van der Waals surface area contributed by atoms with Crippen molar-refractivity contribution in [1.82, 2.24) is 9.62 Å². The van der Waals surface area contributed by atoms with E-state index in [0.717, 1.165) is 25.5 Å². The minimum atomic E-state index is -3.27. The van der Waals surface area contributed by atoms with Gasteiger partial charge in [0, 0.05) is 24.7 Å². The van der Waals surface area contributed by atoms with E-state index in [0.29, 0.717) is 17.7 Å². The van der Waals surface area contributed by atoms with E-state index in [1.165, 1.54) is 0 Å². The van der Waals surface area contributed by atoms with Crippen molar-refractivity contribution in [3.63, 3.8) is 0 Å². The second-order valence-electron chi connectivity index (χ2n) is 5.46. The van der Waals surface area contributed by atoms with Crippen LogP contribution in [0.4, 0.5) is 0 Å². The van der Waals surface area contributed by atoms with Crippen LogP contribution in [-0.2, 0) is 10.0 Å². The Kier molecular flexibility index (Phi) is 5.16. The topological polar surface area (TPSA) is 90.3 Å². The summed E-state index contributed by atoms with van der Waals surface area (Å²) in [5.41, 5.74) is 1.02. The van der Waals surface area contributed by atoms with Crippen LogP contribution in [0.1, 0.15) is 35.2 Å². The molecule has 0 bridgehead atoms. The van der Waals surface area contributed by atoms with Crippen molar-refractivity contribution < 1.29 is 13.2 Å². The first kappa shape index (κ1) is 16.5. The van der Waals surface area contributed by atoms with Crippen LogP contribution in [0.5, 0.6) is 0 Å². The minimum Gasteiger partial charge on any atom is -0.334 e. The lowest BCUT2D eigenvalue weighted by Crippen LogP contribution is -2.49. The Hall–Kier alpha value is -1.91. The molecule has 0 saturated carbocycles. The Morgan fingerprint density at radius 1 is 1.36 bits per heavy atom. The van der Waals surface area contributed by atoms with Crippen molar-refractivity contribution >= 4 is 15.9 Å². The number of rotatable bonds is 4. The molecule has 1 amide bonds. The van der Waals surface area contributed by atoms with Crippen molar-refractivity contribution in [1.29, 1.82) is 5.26 Å². The van der Waals surface area contributed by atoms with E-state index in [9.17, 15) is 13.2 Å². The molecule has 1 saturated heterocycles. The number of piperidine rings is 1. The van der Waals surface area contributed by atoms with Gasteiger partial charge >= 0.3 is 0 Å².